The summed E-state index contributed by atoms with van der Waals surface area (Å²) in [6, 6.07) is 17.6. The maximum atomic E-state index is 12.8. The van der Waals surface area contributed by atoms with Crippen molar-refractivity contribution in [3.63, 3.8) is 0 Å². The van der Waals surface area contributed by atoms with E-state index in [9.17, 15) is 9.59 Å². The second-order valence-corrected chi connectivity index (χ2v) is 6.98. The summed E-state index contributed by atoms with van der Waals surface area (Å²) in [7, 11) is 2.83. The molecule has 3 aromatic carbocycles. The van der Waals surface area contributed by atoms with Gasteiger partial charge in [-0.05, 0) is 48.5 Å². The van der Waals surface area contributed by atoms with Crippen LogP contribution in [0.5, 0.6) is 17.2 Å². The Labute approximate surface area is 189 Å². The first-order valence-corrected chi connectivity index (χ1v) is 9.93. The van der Waals surface area contributed by atoms with E-state index in [0.717, 1.165) is 11.1 Å². The Morgan fingerprint density at radius 1 is 1.00 bits per heavy atom. The highest BCUT2D eigenvalue weighted by Gasteiger charge is 2.19. The van der Waals surface area contributed by atoms with E-state index in [-0.39, 0.29) is 35.3 Å². The Morgan fingerprint density at radius 3 is 2.27 bits per heavy atom. The highest BCUT2D eigenvalue weighted by molar-refractivity contribution is 6.05. The van der Waals surface area contributed by atoms with Crippen molar-refractivity contribution in [2.45, 2.75) is 0 Å². The van der Waals surface area contributed by atoms with Gasteiger partial charge in [0.05, 0.1) is 14.2 Å². The van der Waals surface area contributed by atoms with Crippen LogP contribution in [0.3, 0.4) is 0 Å². The fourth-order valence-corrected chi connectivity index (χ4v) is 3.19. The van der Waals surface area contributed by atoms with Crippen LogP contribution in [0.15, 0.2) is 65.1 Å². The number of hydrogen-bond donors (Lipinski definition) is 2. The second-order valence-electron chi connectivity index (χ2n) is 6.98. The van der Waals surface area contributed by atoms with Gasteiger partial charge in [0.1, 0.15) is 5.52 Å². The lowest BCUT2D eigenvalue weighted by Crippen LogP contribution is -2.20. The summed E-state index contributed by atoms with van der Waals surface area (Å²) < 4.78 is 21.7. The standard InChI is InChI=1S/C24H21N3O6/c1-30-19-11-15(12-20(31-2)22(19)32-13-21(25)28)23(29)26-16-9-7-14(8-10-16)24-27-17-5-3-4-6-18(17)33-24/h3-12H,13H2,1-2H3,(H2,25,28)(H,26,29). The van der Waals surface area contributed by atoms with Crippen LogP contribution in [-0.2, 0) is 4.79 Å². The number of anilines is 1. The summed E-state index contributed by atoms with van der Waals surface area (Å²) in [5.74, 6) is 0.0946. The third-order valence-corrected chi connectivity index (χ3v) is 4.77. The molecule has 0 bridgehead atoms. The van der Waals surface area contributed by atoms with Gasteiger partial charge in [0.2, 0.25) is 11.6 Å². The molecule has 9 heteroatoms. The lowest BCUT2D eigenvalue weighted by Gasteiger charge is -2.15. The summed E-state index contributed by atoms with van der Waals surface area (Å²) in [5.41, 5.74) is 8.25. The SMILES string of the molecule is COc1cc(C(=O)Nc2ccc(-c3nc4ccccc4o3)cc2)cc(OC)c1OCC(N)=O. The van der Waals surface area contributed by atoms with E-state index in [2.05, 4.69) is 10.3 Å². The van der Waals surface area contributed by atoms with Gasteiger partial charge in [0.25, 0.3) is 11.8 Å². The van der Waals surface area contributed by atoms with E-state index < -0.39 is 5.91 Å². The number of oxazole rings is 1. The number of carbonyl (C=O) groups is 2. The van der Waals surface area contributed by atoms with Crippen molar-refractivity contribution in [3.05, 3.63) is 66.2 Å². The van der Waals surface area contributed by atoms with Crippen molar-refractivity contribution < 1.29 is 28.2 Å². The summed E-state index contributed by atoms with van der Waals surface area (Å²) in [5, 5.41) is 2.82. The Morgan fingerprint density at radius 2 is 1.67 bits per heavy atom. The van der Waals surface area contributed by atoms with Gasteiger partial charge in [-0.1, -0.05) is 12.1 Å². The predicted octanol–water partition coefficient (Wildman–Crippen LogP) is 3.63. The quantitative estimate of drug-likeness (QED) is 0.422. The van der Waals surface area contributed by atoms with E-state index in [1.54, 1.807) is 12.1 Å². The monoisotopic (exact) mass is 447 g/mol. The molecule has 4 rings (SSSR count). The topological polar surface area (TPSA) is 126 Å². The molecule has 0 radical (unpaired) electrons. The molecule has 33 heavy (non-hydrogen) atoms. The van der Waals surface area contributed by atoms with Crippen molar-refractivity contribution in [3.8, 4) is 28.7 Å². The molecule has 0 spiro atoms. The van der Waals surface area contributed by atoms with Gasteiger partial charge in [-0.15, -0.1) is 0 Å². The molecule has 0 fully saturated rings. The van der Waals surface area contributed by atoms with Crippen LogP contribution in [0, 0.1) is 0 Å². The van der Waals surface area contributed by atoms with E-state index in [4.69, 9.17) is 24.4 Å². The third kappa shape index (κ3) is 4.72. The number of amides is 2. The zero-order valence-electron chi connectivity index (χ0n) is 18.0. The van der Waals surface area contributed by atoms with Gasteiger partial charge in [0, 0.05) is 16.8 Å². The van der Waals surface area contributed by atoms with Crippen LogP contribution in [0.1, 0.15) is 10.4 Å². The number of nitrogens with two attached hydrogens (primary N) is 1. The van der Waals surface area contributed by atoms with Crippen molar-refractivity contribution in [1.82, 2.24) is 4.98 Å². The molecular weight excluding hydrogens is 426 g/mol. The van der Waals surface area contributed by atoms with E-state index >= 15 is 0 Å². The molecule has 0 saturated carbocycles. The predicted molar refractivity (Wildman–Crippen MR) is 122 cm³/mol. The number of primary amides is 1. The molecule has 9 nitrogen and oxygen atoms in total. The zero-order valence-corrected chi connectivity index (χ0v) is 18.0. The minimum Gasteiger partial charge on any atom is -0.493 e. The molecule has 0 aliphatic carbocycles. The first-order chi connectivity index (χ1) is 16.0. The Balaban J connectivity index is 1.53. The molecule has 2 amide bonds. The molecule has 3 N–H and O–H groups in total. The first-order valence-electron chi connectivity index (χ1n) is 9.93. The zero-order chi connectivity index (χ0) is 23.4. The molecule has 1 heterocycles. The highest BCUT2D eigenvalue weighted by atomic mass is 16.5. The number of para-hydroxylation sites is 2. The number of carbonyl (C=O) groups excluding carboxylic acids is 2. The van der Waals surface area contributed by atoms with Crippen molar-refractivity contribution in [1.29, 1.82) is 0 Å². The van der Waals surface area contributed by atoms with Gasteiger partial charge in [-0.25, -0.2) is 4.98 Å². The number of nitrogens with zero attached hydrogens (tertiary/aromatic N) is 1. The van der Waals surface area contributed by atoms with Crippen LogP contribution < -0.4 is 25.3 Å². The number of aromatic nitrogens is 1. The lowest BCUT2D eigenvalue weighted by atomic mass is 10.1. The summed E-state index contributed by atoms with van der Waals surface area (Å²) >= 11 is 0. The van der Waals surface area contributed by atoms with Crippen LogP contribution in [0.25, 0.3) is 22.6 Å². The lowest BCUT2D eigenvalue weighted by molar-refractivity contribution is -0.120. The largest absolute Gasteiger partial charge is 0.493 e. The fraction of sp³-hybridized carbons (Fsp3) is 0.125. The van der Waals surface area contributed by atoms with E-state index in [1.807, 2.05) is 36.4 Å². The maximum absolute atomic E-state index is 12.8. The molecular formula is C24H21N3O6. The van der Waals surface area contributed by atoms with E-state index in [0.29, 0.717) is 17.2 Å². The number of hydrogen-bond acceptors (Lipinski definition) is 7. The van der Waals surface area contributed by atoms with E-state index in [1.165, 1.54) is 26.4 Å². The minimum absolute atomic E-state index is 0.179. The molecule has 0 atom stereocenters. The van der Waals surface area contributed by atoms with Gasteiger partial charge in [-0.3, -0.25) is 9.59 Å². The van der Waals surface area contributed by atoms with Crippen molar-refractivity contribution >= 4 is 28.6 Å². The maximum Gasteiger partial charge on any atom is 0.255 e. The molecule has 0 unspecified atom stereocenters. The number of rotatable bonds is 8. The van der Waals surface area contributed by atoms with Crippen LogP contribution in [0.2, 0.25) is 0 Å². The van der Waals surface area contributed by atoms with Crippen molar-refractivity contribution in [2.24, 2.45) is 5.73 Å². The van der Waals surface area contributed by atoms with Crippen LogP contribution in [0.4, 0.5) is 5.69 Å². The number of ether oxygens (including phenoxy) is 3. The van der Waals surface area contributed by atoms with Crippen LogP contribution in [-0.4, -0.2) is 37.6 Å². The number of fused-ring (bicyclic) bond motifs is 1. The smallest absolute Gasteiger partial charge is 0.255 e. The number of nitrogens with one attached hydrogen (secondary N) is 1. The average Bonchev–Trinajstić information content (AvgIpc) is 3.26. The molecule has 1 aromatic heterocycles. The summed E-state index contributed by atoms with van der Waals surface area (Å²) in [6.07, 6.45) is 0. The summed E-state index contributed by atoms with van der Waals surface area (Å²) in [6.45, 7) is -0.356. The number of benzene rings is 3. The molecule has 4 aromatic rings. The second kappa shape index (κ2) is 9.31. The van der Waals surface area contributed by atoms with Gasteiger partial charge < -0.3 is 29.7 Å². The van der Waals surface area contributed by atoms with Gasteiger partial charge in [-0.2, -0.15) is 0 Å². The van der Waals surface area contributed by atoms with Gasteiger partial charge in [0.15, 0.2) is 23.7 Å². The Kier molecular flexibility index (Phi) is 6.12. The molecule has 168 valence electrons. The minimum atomic E-state index is -0.651. The summed E-state index contributed by atoms with van der Waals surface area (Å²) in [4.78, 5) is 28.4. The molecule has 0 aliphatic rings. The first kappa shape index (κ1) is 21.7. The van der Waals surface area contributed by atoms with Gasteiger partial charge >= 0.3 is 0 Å². The average molecular weight is 447 g/mol. The fourth-order valence-electron chi connectivity index (χ4n) is 3.19. The Bertz CT molecular complexity index is 1260. The van der Waals surface area contributed by atoms with Crippen molar-refractivity contribution in [2.75, 3.05) is 26.1 Å². The third-order valence-electron chi connectivity index (χ3n) is 4.77. The molecule has 0 aliphatic heterocycles. The normalized spacial score (nSPS) is 10.6. The van der Waals surface area contributed by atoms with Crippen LogP contribution >= 0.6 is 0 Å². The highest BCUT2D eigenvalue weighted by Crippen LogP contribution is 2.38. The number of methoxy groups -OCH3 is 2. The molecule has 0 saturated heterocycles. The Hall–Kier alpha value is -4.53.